The minimum atomic E-state index is -0.381. The average Bonchev–Trinajstić information content (AvgIpc) is 2.77. The van der Waals surface area contributed by atoms with Crippen molar-refractivity contribution in [2.24, 2.45) is 0 Å². The zero-order chi connectivity index (χ0) is 21.9. The lowest BCUT2D eigenvalue weighted by Gasteiger charge is -2.14. The maximum absolute atomic E-state index is 12.4. The molecule has 8 nitrogen and oxygen atoms in total. The van der Waals surface area contributed by atoms with Gasteiger partial charge in [0.05, 0.1) is 34.0 Å². The van der Waals surface area contributed by atoms with Gasteiger partial charge in [-0.25, -0.2) is 0 Å². The number of carbonyl (C=O) groups excluding carboxylic acids is 2. The Morgan fingerprint density at radius 1 is 0.867 bits per heavy atom. The van der Waals surface area contributed by atoms with Gasteiger partial charge in [-0.05, 0) is 38.1 Å². The highest BCUT2D eigenvalue weighted by Crippen LogP contribution is 2.30. The Labute approximate surface area is 176 Å². The molecule has 0 aliphatic carbocycles. The van der Waals surface area contributed by atoms with Crippen LogP contribution in [0.1, 0.15) is 29.8 Å². The number of hydrogen-bond donors (Lipinski definition) is 2. The zero-order valence-electron chi connectivity index (χ0n) is 17.7. The second-order valence-electron chi connectivity index (χ2n) is 6.14. The van der Waals surface area contributed by atoms with Crippen LogP contribution in [-0.4, -0.2) is 45.8 Å². The van der Waals surface area contributed by atoms with Crippen molar-refractivity contribution in [2.75, 3.05) is 34.0 Å². The Morgan fingerprint density at radius 3 is 2.27 bits per heavy atom. The largest absolute Gasteiger partial charge is 0.493 e. The van der Waals surface area contributed by atoms with E-state index < -0.39 is 0 Å². The summed E-state index contributed by atoms with van der Waals surface area (Å²) in [5.74, 6) is 1.49. The van der Waals surface area contributed by atoms with Gasteiger partial charge in [0.15, 0.2) is 23.0 Å². The number of carbonyl (C=O) groups is 2. The first-order chi connectivity index (χ1) is 14.5. The highest BCUT2D eigenvalue weighted by atomic mass is 16.5. The third kappa shape index (κ3) is 6.04. The average molecular weight is 416 g/mol. The lowest BCUT2D eigenvalue weighted by Crippen LogP contribution is -2.36. The molecule has 30 heavy (non-hydrogen) atoms. The predicted octanol–water partition coefficient (Wildman–Crippen LogP) is 2.55. The van der Waals surface area contributed by atoms with Crippen LogP contribution in [0.15, 0.2) is 36.4 Å². The summed E-state index contributed by atoms with van der Waals surface area (Å²) in [5.41, 5.74) is 1.15. The molecule has 0 bridgehead atoms. The number of rotatable bonds is 11. The molecule has 0 aromatic heterocycles. The summed E-state index contributed by atoms with van der Waals surface area (Å²) >= 11 is 0. The molecule has 0 fully saturated rings. The molecular formula is C22H28N2O6. The first-order valence-electron chi connectivity index (χ1n) is 9.68. The molecule has 0 saturated carbocycles. The molecule has 0 saturated heterocycles. The van der Waals surface area contributed by atoms with Crippen LogP contribution in [0.4, 0.5) is 0 Å². The lowest BCUT2D eigenvalue weighted by molar-refractivity contribution is -0.120. The van der Waals surface area contributed by atoms with E-state index in [1.54, 1.807) is 31.4 Å². The SMILES string of the molecule is CCOc1ccc(C(=O)NCC(=O)NCc2cccc(OC)c2OC)cc1OCC. The Morgan fingerprint density at radius 2 is 1.60 bits per heavy atom. The fourth-order valence-corrected chi connectivity index (χ4v) is 2.80. The Balaban J connectivity index is 1.93. The third-order valence-electron chi connectivity index (χ3n) is 4.18. The van der Waals surface area contributed by atoms with Crippen LogP contribution in [0.25, 0.3) is 0 Å². The van der Waals surface area contributed by atoms with Crippen LogP contribution in [-0.2, 0) is 11.3 Å². The van der Waals surface area contributed by atoms with E-state index in [9.17, 15) is 9.59 Å². The van der Waals surface area contributed by atoms with E-state index in [4.69, 9.17) is 18.9 Å². The predicted molar refractivity (Wildman–Crippen MR) is 113 cm³/mol. The zero-order valence-corrected chi connectivity index (χ0v) is 17.7. The fourth-order valence-electron chi connectivity index (χ4n) is 2.80. The highest BCUT2D eigenvalue weighted by Gasteiger charge is 2.14. The molecule has 0 aliphatic rings. The van der Waals surface area contributed by atoms with Crippen molar-refractivity contribution in [3.8, 4) is 23.0 Å². The van der Waals surface area contributed by atoms with E-state index in [2.05, 4.69) is 10.6 Å². The monoisotopic (exact) mass is 416 g/mol. The van der Waals surface area contributed by atoms with Gasteiger partial charge in [-0.3, -0.25) is 9.59 Å². The summed E-state index contributed by atoms with van der Waals surface area (Å²) < 4.78 is 21.6. The van der Waals surface area contributed by atoms with Crippen molar-refractivity contribution in [1.82, 2.24) is 10.6 Å². The van der Waals surface area contributed by atoms with E-state index in [0.29, 0.717) is 41.8 Å². The number of hydrogen-bond acceptors (Lipinski definition) is 6. The molecule has 0 aliphatic heterocycles. The number of para-hydroxylation sites is 1. The molecule has 0 spiro atoms. The molecule has 2 aromatic rings. The van der Waals surface area contributed by atoms with Gasteiger partial charge < -0.3 is 29.6 Å². The van der Waals surface area contributed by atoms with Gasteiger partial charge in [0.25, 0.3) is 5.91 Å². The maximum Gasteiger partial charge on any atom is 0.251 e. The number of benzene rings is 2. The van der Waals surface area contributed by atoms with Crippen LogP contribution in [0.3, 0.4) is 0 Å². The standard InChI is InChI=1S/C22H28N2O6/c1-5-29-17-11-10-15(12-19(17)30-6-2)22(26)24-14-20(25)23-13-16-8-7-9-18(27-3)21(16)28-4/h7-12H,5-6,13-14H2,1-4H3,(H,23,25)(H,24,26). The second kappa shape index (κ2) is 11.5. The number of amides is 2. The number of ether oxygens (including phenoxy) is 4. The van der Waals surface area contributed by atoms with Crippen LogP contribution >= 0.6 is 0 Å². The van der Waals surface area contributed by atoms with Crippen molar-refractivity contribution in [3.05, 3.63) is 47.5 Å². The second-order valence-corrected chi connectivity index (χ2v) is 6.14. The third-order valence-corrected chi connectivity index (χ3v) is 4.18. The van der Waals surface area contributed by atoms with E-state index in [0.717, 1.165) is 5.56 Å². The minimum absolute atomic E-state index is 0.164. The molecule has 0 radical (unpaired) electrons. The van der Waals surface area contributed by atoms with Crippen molar-refractivity contribution in [1.29, 1.82) is 0 Å². The molecular weight excluding hydrogens is 388 g/mol. The molecule has 0 heterocycles. The minimum Gasteiger partial charge on any atom is -0.493 e. The van der Waals surface area contributed by atoms with Gasteiger partial charge >= 0.3 is 0 Å². The first kappa shape index (κ1) is 22.9. The quantitative estimate of drug-likeness (QED) is 0.585. The molecule has 0 atom stereocenters. The normalized spacial score (nSPS) is 10.1. The summed E-state index contributed by atoms with van der Waals surface area (Å²) in [4.78, 5) is 24.6. The Bertz CT molecular complexity index is 869. The summed E-state index contributed by atoms with van der Waals surface area (Å²) in [6.07, 6.45) is 0. The molecule has 0 unspecified atom stereocenters. The summed E-state index contributed by atoms with van der Waals surface area (Å²) in [5, 5.41) is 5.36. The molecule has 2 amide bonds. The summed E-state index contributed by atoms with van der Waals surface area (Å²) in [6, 6.07) is 10.3. The Hall–Kier alpha value is -3.42. The van der Waals surface area contributed by atoms with Gasteiger partial charge in [0.1, 0.15) is 0 Å². The molecule has 2 N–H and O–H groups in total. The van der Waals surface area contributed by atoms with Gasteiger partial charge in [-0.2, -0.15) is 0 Å². The summed E-state index contributed by atoms with van der Waals surface area (Å²) in [6.45, 7) is 4.74. The number of methoxy groups -OCH3 is 2. The molecule has 2 rings (SSSR count). The summed E-state index contributed by atoms with van der Waals surface area (Å²) in [7, 11) is 3.09. The van der Waals surface area contributed by atoms with E-state index in [1.807, 2.05) is 26.0 Å². The fraction of sp³-hybridized carbons (Fsp3) is 0.364. The van der Waals surface area contributed by atoms with Crippen LogP contribution < -0.4 is 29.6 Å². The molecule has 2 aromatic carbocycles. The van der Waals surface area contributed by atoms with E-state index in [1.165, 1.54) is 7.11 Å². The van der Waals surface area contributed by atoms with Gasteiger partial charge in [-0.15, -0.1) is 0 Å². The van der Waals surface area contributed by atoms with Crippen molar-refractivity contribution >= 4 is 11.8 Å². The smallest absolute Gasteiger partial charge is 0.251 e. The van der Waals surface area contributed by atoms with Gasteiger partial charge in [-0.1, -0.05) is 12.1 Å². The lowest BCUT2D eigenvalue weighted by atomic mass is 10.1. The number of nitrogens with one attached hydrogen (secondary N) is 2. The van der Waals surface area contributed by atoms with E-state index >= 15 is 0 Å². The van der Waals surface area contributed by atoms with Crippen LogP contribution in [0, 0.1) is 0 Å². The maximum atomic E-state index is 12.4. The topological polar surface area (TPSA) is 95.1 Å². The highest BCUT2D eigenvalue weighted by molar-refractivity contribution is 5.97. The van der Waals surface area contributed by atoms with E-state index in [-0.39, 0.29) is 24.9 Å². The van der Waals surface area contributed by atoms with Gasteiger partial charge in [0, 0.05) is 17.7 Å². The van der Waals surface area contributed by atoms with Crippen LogP contribution in [0.2, 0.25) is 0 Å². The Kier molecular flexibility index (Phi) is 8.80. The van der Waals surface area contributed by atoms with Crippen molar-refractivity contribution < 1.29 is 28.5 Å². The van der Waals surface area contributed by atoms with Crippen molar-refractivity contribution in [2.45, 2.75) is 20.4 Å². The molecule has 8 heteroatoms. The first-order valence-corrected chi connectivity index (χ1v) is 9.68. The van der Waals surface area contributed by atoms with Gasteiger partial charge in [0.2, 0.25) is 5.91 Å². The molecule has 162 valence electrons. The van der Waals surface area contributed by atoms with Crippen molar-refractivity contribution in [3.63, 3.8) is 0 Å². The van der Waals surface area contributed by atoms with Crippen LogP contribution in [0.5, 0.6) is 23.0 Å².